The number of thioether (sulfide) groups is 1. The standard InChI is InChI=1S/C16H14F3N3O2S/c1-7-8(2)20-16-22(15(7)24)9(6-25-16)5-12(23)21-11-4-3-10(17)13(18)14(11)19/h3-4,9H,5-6H2,1-2H3,(H,21,23). The van der Waals surface area contributed by atoms with Crippen LogP contribution in [0.15, 0.2) is 22.1 Å². The summed E-state index contributed by atoms with van der Waals surface area (Å²) in [6, 6.07) is 1.24. The van der Waals surface area contributed by atoms with E-state index in [0.29, 0.717) is 22.2 Å². The number of halogens is 3. The third-order valence-corrected chi connectivity index (χ3v) is 5.15. The van der Waals surface area contributed by atoms with Crippen LogP contribution in [0.25, 0.3) is 0 Å². The largest absolute Gasteiger partial charge is 0.323 e. The molecule has 2 aromatic rings. The van der Waals surface area contributed by atoms with Crippen LogP contribution in [0.1, 0.15) is 23.7 Å². The van der Waals surface area contributed by atoms with E-state index in [1.54, 1.807) is 13.8 Å². The van der Waals surface area contributed by atoms with Gasteiger partial charge in [-0.1, -0.05) is 11.8 Å². The summed E-state index contributed by atoms with van der Waals surface area (Å²) in [7, 11) is 0. The van der Waals surface area contributed by atoms with Gasteiger partial charge in [-0.25, -0.2) is 18.2 Å². The van der Waals surface area contributed by atoms with Gasteiger partial charge in [0.05, 0.1) is 11.7 Å². The van der Waals surface area contributed by atoms with Gasteiger partial charge in [0.1, 0.15) is 0 Å². The molecule has 1 N–H and O–H groups in total. The molecule has 1 aliphatic heterocycles. The third kappa shape index (κ3) is 3.15. The maximum absolute atomic E-state index is 13.6. The van der Waals surface area contributed by atoms with Gasteiger partial charge >= 0.3 is 0 Å². The van der Waals surface area contributed by atoms with E-state index in [-0.39, 0.29) is 12.0 Å². The summed E-state index contributed by atoms with van der Waals surface area (Å²) in [5.41, 5.74) is 0.477. The number of hydrogen-bond donors (Lipinski definition) is 1. The molecular formula is C16H14F3N3O2S. The van der Waals surface area contributed by atoms with Crippen LogP contribution >= 0.6 is 11.8 Å². The summed E-state index contributed by atoms with van der Waals surface area (Å²) >= 11 is 1.36. The summed E-state index contributed by atoms with van der Waals surface area (Å²) < 4.78 is 41.2. The number of amides is 1. The molecule has 0 fully saturated rings. The summed E-state index contributed by atoms with van der Waals surface area (Å²) in [6.45, 7) is 3.40. The number of aryl methyl sites for hydroxylation is 1. The quantitative estimate of drug-likeness (QED) is 0.667. The van der Waals surface area contributed by atoms with Crippen molar-refractivity contribution >= 4 is 23.4 Å². The lowest BCUT2D eigenvalue weighted by molar-refractivity contribution is -0.116. The molecule has 1 atom stereocenters. The molecule has 2 heterocycles. The van der Waals surface area contributed by atoms with E-state index < -0.39 is 35.1 Å². The van der Waals surface area contributed by atoms with E-state index in [2.05, 4.69) is 10.3 Å². The van der Waals surface area contributed by atoms with Crippen molar-refractivity contribution in [3.05, 3.63) is 51.2 Å². The third-order valence-electron chi connectivity index (χ3n) is 4.05. The molecule has 0 saturated carbocycles. The first-order valence-corrected chi connectivity index (χ1v) is 8.44. The average Bonchev–Trinajstić information content (AvgIpc) is 2.95. The molecule has 0 radical (unpaired) electrons. The molecule has 1 aromatic carbocycles. The van der Waals surface area contributed by atoms with Crippen molar-refractivity contribution in [1.82, 2.24) is 9.55 Å². The van der Waals surface area contributed by atoms with Crippen molar-refractivity contribution in [2.45, 2.75) is 31.5 Å². The average molecular weight is 369 g/mol. The molecule has 5 nitrogen and oxygen atoms in total. The van der Waals surface area contributed by atoms with Gasteiger partial charge in [-0.15, -0.1) is 0 Å². The predicted octanol–water partition coefficient (Wildman–Crippen LogP) is 2.95. The number of hydrogen-bond acceptors (Lipinski definition) is 4. The number of rotatable bonds is 3. The van der Waals surface area contributed by atoms with Crippen molar-refractivity contribution < 1.29 is 18.0 Å². The Balaban J connectivity index is 1.80. The number of nitrogens with zero attached hydrogens (tertiary/aromatic N) is 2. The Labute approximate surface area is 145 Å². The second-order valence-corrected chi connectivity index (χ2v) is 6.71. The summed E-state index contributed by atoms with van der Waals surface area (Å²) in [5.74, 6) is -4.57. The van der Waals surface area contributed by atoms with Gasteiger partial charge in [-0.2, -0.15) is 0 Å². The normalized spacial score (nSPS) is 16.0. The highest BCUT2D eigenvalue weighted by Crippen LogP contribution is 2.32. The predicted molar refractivity (Wildman–Crippen MR) is 87.3 cm³/mol. The molecule has 0 aliphatic carbocycles. The first-order valence-electron chi connectivity index (χ1n) is 7.45. The minimum absolute atomic E-state index is 0.109. The lowest BCUT2D eigenvalue weighted by atomic mass is 10.2. The molecule has 1 aromatic heterocycles. The molecule has 0 saturated heterocycles. The maximum atomic E-state index is 13.6. The molecule has 3 rings (SSSR count). The highest BCUT2D eigenvalue weighted by atomic mass is 32.2. The molecular weight excluding hydrogens is 355 g/mol. The Morgan fingerprint density at radius 1 is 1.32 bits per heavy atom. The molecule has 1 unspecified atom stereocenters. The highest BCUT2D eigenvalue weighted by Gasteiger charge is 2.29. The highest BCUT2D eigenvalue weighted by molar-refractivity contribution is 7.99. The topological polar surface area (TPSA) is 64.0 Å². The van der Waals surface area contributed by atoms with Crippen LogP contribution < -0.4 is 10.9 Å². The minimum atomic E-state index is -1.65. The van der Waals surface area contributed by atoms with Crippen molar-refractivity contribution in [2.75, 3.05) is 11.1 Å². The monoisotopic (exact) mass is 369 g/mol. The second kappa shape index (κ2) is 6.55. The molecule has 0 spiro atoms. The van der Waals surface area contributed by atoms with Crippen LogP contribution in [0.4, 0.5) is 18.9 Å². The fourth-order valence-corrected chi connectivity index (χ4v) is 3.74. The van der Waals surface area contributed by atoms with Crippen LogP contribution in [0.5, 0.6) is 0 Å². The Morgan fingerprint density at radius 2 is 2.04 bits per heavy atom. The number of fused-ring (bicyclic) bond motifs is 1. The van der Waals surface area contributed by atoms with Crippen molar-refractivity contribution in [1.29, 1.82) is 0 Å². The van der Waals surface area contributed by atoms with Crippen LogP contribution in [-0.4, -0.2) is 21.2 Å². The number of aromatic nitrogens is 2. The fraction of sp³-hybridized carbons (Fsp3) is 0.312. The summed E-state index contributed by atoms with van der Waals surface area (Å²) in [4.78, 5) is 28.9. The van der Waals surface area contributed by atoms with Crippen LogP contribution in [-0.2, 0) is 4.79 Å². The number of carbonyl (C=O) groups is 1. The van der Waals surface area contributed by atoms with Gasteiger partial charge in [0.2, 0.25) is 5.91 Å². The van der Waals surface area contributed by atoms with Gasteiger partial charge in [-0.3, -0.25) is 14.2 Å². The molecule has 25 heavy (non-hydrogen) atoms. The number of benzene rings is 1. The second-order valence-electron chi connectivity index (χ2n) is 5.72. The van der Waals surface area contributed by atoms with Gasteiger partial charge in [0, 0.05) is 23.4 Å². The molecule has 9 heteroatoms. The fourth-order valence-electron chi connectivity index (χ4n) is 2.56. The lowest BCUT2D eigenvalue weighted by Crippen LogP contribution is -2.29. The van der Waals surface area contributed by atoms with E-state index >= 15 is 0 Å². The van der Waals surface area contributed by atoms with Crippen LogP contribution in [0.3, 0.4) is 0 Å². The Morgan fingerprint density at radius 3 is 2.76 bits per heavy atom. The van der Waals surface area contributed by atoms with E-state index in [1.807, 2.05) is 0 Å². The number of anilines is 1. The Kier molecular flexibility index (Phi) is 4.59. The van der Waals surface area contributed by atoms with Crippen molar-refractivity contribution in [3.63, 3.8) is 0 Å². The lowest BCUT2D eigenvalue weighted by Gasteiger charge is -2.14. The molecule has 0 bridgehead atoms. The smallest absolute Gasteiger partial charge is 0.257 e. The number of carbonyl (C=O) groups excluding carboxylic acids is 1. The molecule has 1 amide bonds. The van der Waals surface area contributed by atoms with Crippen LogP contribution in [0.2, 0.25) is 0 Å². The SMILES string of the molecule is Cc1nc2n(c(=O)c1C)C(CC(=O)Nc1ccc(F)c(F)c1F)CS2. The van der Waals surface area contributed by atoms with Gasteiger partial charge < -0.3 is 5.32 Å². The number of nitrogens with one attached hydrogen (secondary N) is 1. The molecule has 1 aliphatic rings. The maximum Gasteiger partial charge on any atom is 0.257 e. The molecule has 132 valence electrons. The minimum Gasteiger partial charge on any atom is -0.323 e. The first-order chi connectivity index (χ1) is 11.8. The zero-order valence-electron chi connectivity index (χ0n) is 13.4. The zero-order valence-corrected chi connectivity index (χ0v) is 14.2. The van der Waals surface area contributed by atoms with E-state index in [1.165, 1.54) is 16.3 Å². The van der Waals surface area contributed by atoms with E-state index in [0.717, 1.165) is 12.1 Å². The summed E-state index contributed by atoms with van der Waals surface area (Å²) in [6.07, 6.45) is -0.109. The van der Waals surface area contributed by atoms with Gasteiger partial charge in [-0.05, 0) is 26.0 Å². The zero-order chi connectivity index (χ0) is 18.3. The Hall–Kier alpha value is -2.29. The van der Waals surface area contributed by atoms with E-state index in [4.69, 9.17) is 0 Å². The first kappa shape index (κ1) is 17.5. The van der Waals surface area contributed by atoms with Gasteiger partial charge in [0.25, 0.3) is 5.56 Å². The van der Waals surface area contributed by atoms with Crippen LogP contribution in [0, 0.1) is 31.3 Å². The van der Waals surface area contributed by atoms with Crippen molar-refractivity contribution in [3.8, 4) is 0 Å². The van der Waals surface area contributed by atoms with Crippen molar-refractivity contribution in [2.24, 2.45) is 0 Å². The Bertz CT molecular complexity index is 930. The summed E-state index contributed by atoms with van der Waals surface area (Å²) in [5, 5.41) is 2.75. The van der Waals surface area contributed by atoms with Gasteiger partial charge in [0.15, 0.2) is 22.6 Å². The van der Waals surface area contributed by atoms with E-state index in [9.17, 15) is 22.8 Å².